The summed E-state index contributed by atoms with van der Waals surface area (Å²) in [7, 11) is 1.55. The number of ether oxygens (including phenoxy) is 2. The number of benzene rings is 3. The molecule has 0 radical (unpaired) electrons. The number of halogens is 3. The Kier molecular flexibility index (Phi) is 7.63. The van der Waals surface area contributed by atoms with E-state index in [0.717, 1.165) is 39.3 Å². The summed E-state index contributed by atoms with van der Waals surface area (Å²) in [5, 5.41) is 3.07. The molecule has 3 heterocycles. The number of alkyl halides is 3. The highest BCUT2D eigenvalue weighted by molar-refractivity contribution is 8.00. The summed E-state index contributed by atoms with van der Waals surface area (Å²) in [4.78, 5) is 57.9. The number of carbonyl (C=O) groups excluding carboxylic acids is 3. The third kappa shape index (κ3) is 5.23. The van der Waals surface area contributed by atoms with Crippen molar-refractivity contribution in [2.45, 2.75) is 28.8 Å². The number of carbonyl (C=O) groups is 3. The van der Waals surface area contributed by atoms with Crippen LogP contribution in [0.4, 0.5) is 24.5 Å². The van der Waals surface area contributed by atoms with Crippen LogP contribution in [0.25, 0.3) is 0 Å². The van der Waals surface area contributed by atoms with E-state index in [2.05, 4.69) is 10.3 Å². The molecule has 2 N–H and O–H groups in total. The van der Waals surface area contributed by atoms with Gasteiger partial charge in [0, 0.05) is 16.0 Å². The highest BCUT2D eigenvalue weighted by Gasteiger charge is 2.69. The number of anilines is 2. The van der Waals surface area contributed by atoms with Crippen molar-refractivity contribution >= 4 is 52.2 Å². The molecule has 3 aromatic carbocycles. The number of para-hydroxylation sites is 1. The molecule has 9 nitrogen and oxygen atoms in total. The van der Waals surface area contributed by atoms with Crippen molar-refractivity contribution in [2.24, 2.45) is 29.6 Å². The van der Waals surface area contributed by atoms with Gasteiger partial charge in [-0.15, -0.1) is 11.8 Å². The number of thiazole rings is 1. The molecule has 1 aromatic heterocycles. The lowest BCUT2D eigenvalue weighted by atomic mass is 9.68. The Labute approximate surface area is 285 Å². The molecule has 3 fully saturated rings. The number of fused-ring (bicyclic) bond motifs is 9. The number of aromatic amines is 1. The van der Waals surface area contributed by atoms with Crippen molar-refractivity contribution in [3.05, 3.63) is 98.5 Å². The Morgan fingerprint density at radius 2 is 1.61 bits per heavy atom. The minimum Gasteiger partial charge on any atom is -0.497 e. The van der Waals surface area contributed by atoms with Gasteiger partial charge < -0.3 is 19.8 Å². The molecule has 8 rings (SSSR count). The van der Waals surface area contributed by atoms with Crippen molar-refractivity contribution in [1.82, 2.24) is 4.98 Å². The van der Waals surface area contributed by atoms with E-state index in [1.54, 1.807) is 55.3 Å². The molecule has 4 aliphatic rings. The highest BCUT2D eigenvalue weighted by atomic mass is 32.2. The maximum atomic E-state index is 14.0. The van der Waals surface area contributed by atoms with Gasteiger partial charge in [-0.2, -0.15) is 13.2 Å². The Balaban J connectivity index is 1.03. The number of rotatable bonds is 7. The van der Waals surface area contributed by atoms with Crippen LogP contribution in [0.2, 0.25) is 0 Å². The van der Waals surface area contributed by atoms with Gasteiger partial charge in [0.05, 0.1) is 40.9 Å². The van der Waals surface area contributed by atoms with Gasteiger partial charge in [0.1, 0.15) is 11.5 Å². The second-order valence-electron chi connectivity index (χ2n) is 12.6. The lowest BCUT2D eigenvalue weighted by molar-refractivity contribution is -0.137. The van der Waals surface area contributed by atoms with E-state index in [4.69, 9.17) is 9.47 Å². The summed E-state index contributed by atoms with van der Waals surface area (Å²) < 4.78 is 50.9. The summed E-state index contributed by atoms with van der Waals surface area (Å²) in [6.45, 7) is -0.506. The summed E-state index contributed by atoms with van der Waals surface area (Å²) in [6.07, 6.45) is -3.88. The van der Waals surface area contributed by atoms with Gasteiger partial charge in [-0.25, -0.2) is 0 Å². The first-order valence-electron chi connectivity index (χ1n) is 15.6. The average molecular weight is 708 g/mol. The van der Waals surface area contributed by atoms with Gasteiger partial charge in [0.25, 0.3) is 5.91 Å². The standard InChI is InChI=1S/C35H28F3N3O6S2/c1-46-18-12-8-17(9-13-18)41-32(43)27-20-14-21(28(27)33(41)44)29-26(20)25(30-31(48-29)40-34(45)49-30)16-6-10-19(11-7-16)47-15-24(42)39-23-5-3-2-4-22(23)35(36,37)38/h2-13,20-21,25-29H,14-15H2,1H3,(H,39,42)(H,40,45)/t20-,21-,25-,26?,27?,28?,29?/m1/s1. The second-order valence-corrected chi connectivity index (χ2v) is 14.8. The lowest BCUT2D eigenvalue weighted by Crippen LogP contribution is -2.42. The molecule has 14 heteroatoms. The number of nitrogens with one attached hydrogen (secondary N) is 2. The quantitative estimate of drug-likeness (QED) is 0.221. The van der Waals surface area contributed by atoms with E-state index in [9.17, 15) is 32.3 Å². The number of hydrogen-bond acceptors (Lipinski definition) is 8. The third-order valence-electron chi connectivity index (χ3n) is 10.2. The molecular formula is C35H28F3N3O6S2. The predicted octanol–water partition coefficient (Wildman–Crippen LogP) is 6.16. The van der Waals surface area contributed by atoms with Gasteiger partial charge in [-0.3, -0.25) is 24.1 Å². The van der Waals surface area contributed by atoms with E-state index in [1.165, 1.54) is 23.1 Å². The van der Waals surface area contributed by atoms with E-state index < -0.39 is 36.1 Å². The zero-order valence-corrected chi connectivity index (χ0v) is 27.4. The minimum atomic E-state index is -4.62. The third-order valence-corrected chi connectivity index (χ3v) is 12.8. The van der Waals surface area contributed by atoms with Crippen LogP contribution >= 0.6 is 23.1 Å². The van der Waals surface area contributed by atoms with E-state index in [-0.39, 0.29) is 51.3 Å². The number of nitrogens with zero attached hydrogens (tertiary/aromatic N) is 1. The Hall–Kier alpha value is -4.56. The summed E-state index contributed by atoms with van der Waals surface area (Å²) in [6, 6.07) is 18.7. The van der Waals surface area contributed by atoms with Gasteiger partial charge in [0.2, 0.25) is 11.8 Å². The lowest BCUT2D eigenvalue weighted by Gasteiger charge is -2.43. The predicted molar refractivity (Wildman–Crippen MR) is 176 cm³/mol. The van der Waals surface area contributed by atoms with Crippen LogP contribution in [-0.2, 0) is 20.6 Å². The molecule has 3 amide bonds. The highest BCUT2D eigenvalue weighted by Crippen LogP contribution is 2.68. The number of imide groups is 1. The number of amides is 3. The maximum Gasteiger partial charge on any atom is 0.418 e. The van der Waals surface area contributed by atoms with E-state index >= 15 is 0 Å². The van der Waals surface area contributed by atoms with E-state index in [1.807, 2.05) is 12.1 Å². The first-order chi connectivity index (χ1) is 23.5. The molecule has 1 saturated heterocycles. The molecule has 4 aromatic rings. The molecule has 2 aliphatic carbocycles. The van der Waals surface area contributed by atoms with Crippen molar-refractivity contribution in [2.75, 3.05) is 23.9 Å². The fraction of sp³-hybridized carbons (Fsp3) is 0.314. The van der Waals surface area contributed by atoms with Crippen molar-refractivity contribution in [3.63, 3.8) is 0 Å². The van der Waals surface area contributed by atoms with Crippen LogP contribution in [0.5, 0.6) is 11.5 Å². The fourth-order valence-corrected chi connectivity index (χ4v) is 11.2. The van der Waals surface area contributed by atoms with Crippen LogP contribution in [-0.4, -0.2) is 41.7 Å². The van der Waals surface area contributed by atoms with Crippen molar-refractivity contribution in [3.8, 4) is 11.5 Å². The largest absolute Gasteiger partial charge is 0.497 e. The molecule has 49 heavy (non-hydrogen) atoms. The van der Waals surface area contributed by atoms with Crippen LogP contribution in [0.3, 0.4) is 0 Å². The first kappa shape index (κ1) is 31.7. The molecule has 4 unspecified atom stereocenters. The van der Waals surface area contributed by atoms with Gasteiger partial charge in [-0.1, -0.05) is 35.6 Å². The summed E-state index contributed by atoms with van der Waals surface area (Å²) in [5.41, 5.74) is 0.115. The van der Waals surface area contributed by atoms with Gasteiger partial charge in [0.15, 0.2) is 6.61 Å². The average Bonchev–Trinajstić information content (AvgIpc) is 3.82. The number of hydrogen-bond donors (Lipinski definition) is 2. The number of aromatic nitrogens is 1. The van der Waals surface area contributed by atoms with Crippen LogP contribution in [0.15, 0.2) is 82.6 Å². The van der Waals surface area contributed by atoms with Crippen LogP contribution in [0.1, 0.15) is 28.3 Å². The smallest absolute Gasteiger partial charge is 0.418 e. The molecular weight excluding hydrogens is 680 g/mol. The second kappa shape index (κ2) is 11.8. The molecule has 0 spiro atoms. The summed E-state index contributed by atoms with van der Waals surface area (Å²) in [5.74, 6) is -1.35. The van der Waals surface area contributed by atoms with Gasteiger partial charge in [-0.05, 0) is 78.3 Å². The topological polar surface area (TPSA) is 118 Å². The number of methoxy groups -OCH3 is 1. The molecule has 7 atom stereocenters. The zero-order valence-electron chi connectivity index (χ0n) is 25.7. The van der Waals surface area contributed by atoms with Gasteiger partial charge >= 0.3 is 11.0 Å². The van der Waals surface area contributed by atoms with Crippen molar-refractivity contribution < 1.29 is 37.0 Å². The number of thioether (sulfide) groups is 1. The monoisotopic (exact) mass is 707 g/mol. The SMILES string of the molecule is COc1ccc(N2C(=O)C3C(C2=O)[C@@H]2C[C@H]3C3Sc4[nH]c(=O)sc4[C@H](c4ccc(OCC(=O)Nc5ccccc5C(F)(F)F)cc4)C32)cc1. The molecule has 2 bridgehead atoms. The Bertz CT molecular complexity index is 2030. The van der Waals surface area contributed by atoms with Crippen LogP contribution < -0.4 is 24.6 Å². The summed E-state index contributed by atoms with van der Waals surface area (Å²) >= 11 is 2.75. The maximum absolute atomic E-state index is 14.0. The normalized spacial score (nSPS) is 26.7. The minimum absolute atomic E-state index is 0.00554. The zero-order chi connectivity index (χ0) is 34.2. The van der Waals surface area contributed by atoms with Crippen LogP contribution in [0, 0.1) is 29.6 Å². The first-order valence-corrected chi connectivity index (χ1v) is 17.3. The van der Waals surface area contributed by atoms with Crippen molar-refractivity contribution in [1.29, 1.82) is 0 Å². The molecule has 252 valence electrons. The fourth-order valence-electron chi connectivity index (χ4n) is 8.32. The Morgan fingerprint density at radius 1 is 0.939 bits per heavy atom. The Morgan fingerprint density at radius 3 is 2.31 bits per heavy atom. The number of H-pyrrole nitrogens is 1. The molecule has 2 aliphatic heterocycles. The van der Waals surface area contributed by atoms with E-state index in [0.29, 0.717) is 17.2 Å². The molecule has 2 saturated carbocycles.